The molecule has 2 N–H and O–H groups in total. The number of methoxy groups -OCH3 is 3. The van der Waals surface area contributed by atoms with Crippen LogP contribution in [0.1, 0.15) is 43.7 Å². The molecule has 56 heavy (non-hydrogen) atoms. The van der Waals surface area contributed by atoms with Gasteiger partial charge in [-0.05, 0) is 43.9 Å². The molecule has 5 heterocycles. The number of nitrogens with one attached hydrogen (secondary N) is 2. The number of carbonyl (C=O) groups is 2. The Hall–Kier alpha value is -5.17. The summed E-state index contributed by atoms with van der Waals surface area (Å²) in [6.07, 6.45) is 5.51. The van der Waals surface area contributed by atoms with Crippen LogP contribution in [0.5, 0.6) is 17.4 Å². The van der Waals surface area contributed by atoms with Crippen LogP contribution in [-0.2, 0) is 22.7 Å². The quantitative estimate of drug-likeness (QED) is 0.157. The average Bonchev–Trinajstić information content (AvgIpc) is 3.74. The van der Waals surface area contributed by atoms with Crippen molar-refractivity contribution in [2.75, 3.05) is 47.5 Å². The van der Waals surface area contributed by atoms with E-state index in [0.29, 0.717) is 66.7 Å². The van der Waals surface area contributed by atoms with E-state index in [1.165, 1.54) is 0 Å². The zero-order valence-electron chi connectivity index (χ0n) is 32.2. The highest BCUT2D eigenvalue weighted by Gasteiger charge is 2.48. The summed E-state index contributed by atoms with van der Waals surface area (Å²) in [6.45, 7) is 6.32. The number of rotatable bonds is 12. The summed E-state index contributed by atoms with van der Waals surface area (Å²) >= 11 is 7.24. The van der Waals surface area contributed by atoms with Crippen molar-refractivity contribution in [1.29, 1.82) is 0 Å². The van der Waals surface area contributed by atoms with E-state index in [2.05, 4.69) is 32.6 Å². The molecular weight excluding hydrogens is 730 g/mol. The van der Waals surface area contributed by atoms with E-state index in [1.807, 2.05) is 66.3 Å². The van der Waals surface area contributed by atoms with E-state index >= 15 is 0 Å². The monoisotopic (exact) mass is 775 g/mol. The van der Waals surface area contributed by atoms with Gasteiger partial charge in [0.05, 0.1) is 66.0 Å². The van der Waals surface area contributed by atoms with Gasteiger partial charge in [0.15, 0.2) is 0 Å². The molecule has 3 saturated heterocycles. The van der Waals surface area contributed by atoms with Crippen LogP contribution >= 0.6 is 11.6 Å². The smallest absolute Gasteiger partial charge is 0.228 e. The number of fused-ring (bicyclic) bond motifs is 1. The molecule has 9 rings (SSSR count). The summed E-state index contributed by atoms with van der Waals surface area (Å²) in [4.78, 5) is 34.1. The van der Waals surface area contributed by atoms with Crippen molar-refractivity contribution in [2.24, 2.45) is 5.41 Å². The zero-order chi connectivity index (χ0) is 38.8. The lowest BCUT2D eigenvalue weighted by Gasteiger charge is -2.48. The van der Waals surface area contributed by atoms with Crippen LogP contribution in [-0.4, -0.2) is 95.5 Å². The maximum absolute atomic E-state index is 12.8. The number of pyridine rings is 1. The molecule has 12 nitrogen and oxygen atoms in total. The third-order valence-electron chi connectivity index (χ3n) is 11.8. The topological polar surface area (TPSA) is 123 Å². The largest absolute Gasteiger partial charge is 0.496 e. The van der Waals surface area contributed by atoms with Gasteiger partial charge in [-0.1, -0.05) is 48.0 Å². The van der Waals surface area contributed by atoms with Gasteiger partial charge >= 0.3 is 0 Å². The number of halogens is 1. The first-order valence-electron chi connectivity index (χ1n) is 19.2. The van der Waals surface area contributed by atoms with E-state index < -0.39 is 0 Å². The van der Waals surface area contributed by atoms with Crippen LogP contribution < -0.4 is 24.8 Å². The predicted molar refractivity (Wildman–Crippen MR) is 214 cm³/mol. The van der Waals surface area contributed by atoms with Crippen molar-refractivity contribution in [2.45, 2.75) is 57.3 Å². The van der Waals surface area contributed by atoms with Crippen molar-refractivity contribution < 1.29 is 23.8 Å². The van der Waals surface area contributed by atoms with Gasteiger partial charge in [0, 0.05) is 85.9 Å². The number of amides is 2. The van der Waals surface area contributed by atoms with Crippen LogP contribution in [0.2, 0.25) is 5.02 Å². The number of likely N-dealkylation sites (tertiary alicyclic amines) is 2. The molecule has 0 radical (unpaired) electrons. The molecule has 0 atom stereocenters. The maximum atomic E-state index is 12.8. The highest BCUT2D eigenvalue weighted by molar-refractivity contribution is 6.36. The minimum atomic E-state index is -0.388. The van der Waals surface area contributed by atoms with E-state index in [-0.39, 0.29) is 22.8 Å². The second kappa shape index (κ2) is 14.1. The fourth-order valence-electron chi connectivity index (χ4n) is 8.77. The SMILES string of the molecule is COc1cc(-n2ncc3c(-c4cccc(-c5ccc(CN6CC7(CCC(=O)N7)C6)c(OC)n5)c4Cl)cccc32)cc(OC)c1CN1CC(C)(C(=O)NC2CC2)C1. The molecule has 1 spiro atoms. The van der Waals surface area contributed by atoms with Gasteiger partial charge < -0.3 is 24.8 Å². The Morgan fingerprint density at radius 3 is 2.29 bits per heavy atom. The molecule has 290 valence electrons. The first kappa shape index (κ1) is 36.5. The van der Waals surface area contributed by atoms with Gasteiger partial charge in [-0.2, -0.15) is 5.10 Å². The third kappa shape index (κ3) is 6.53. The molecule has 1 saturated carbocycles. The number of hydrogen-bond acceptors (Lipinski definition) is 9. The summed E-state index contributed by atoms with van der Waals surface area (Å²) in [5.41, 5.74) is 6.45. The average molecular weight is 776 g/mol. The Morgan fingerprint density at radius 1 is 0.911 bits per heavy atom. The molecule has 0 bridgehead atoms. The second-order valence-electron chi connectivity index (χ2n) is 16.1. The van der Waals surface area contributed by atoms with Gasteiger partial charge in [-0.25, -0.2) is 9.67 Å². The van der Waals surface area contributed by atoms with Gasteiger partial charge in [0.1, 0.15) is 11.5 Å². The van der Waals surface area contributed by atoms with Crippen LogP contribution in [0.25, 0.3) is 39.0 Å². The minimum Gasteiger partial charge on any atom is -0.496 e. The summed E-state index contributed by atoms with van der Waals surface area (Å²) in [5.74, 6) is 2.22. The summed E-state index contributed by atoms with van der Waals surface area (Å²) in [5, 5.41) is 12.7. The van der Waals surface area contributed by atoms with Crippen LogP contribution in [0.4, 0.5) is 0 Å². The summed E-state index contributed by atoms with van der Waals surface area (Å²) in [6, 6.07) is 20.4. The standard InChI is InChI=1S/C43H46ClN7O5/c1-42(41(53)46-27-12-13-27)22-50(23-42)21-33-36(54-2)17-28(18-37(33)55-3)51-35-10-6-7-29(32(35)19-45-51)30-8-5-9-31(39(30)44)34-14-11-26(40(47-34)56-4)20-49-24-43(25-49)16-15-38(52)48-43/h5-11,14,17-19,27H,12-13,15-16,20-25H2,1-4H3,(H,46,53)(H,48,52). The molecule has 4 aliphatic rings. The molecule has 5 aromatic rings. The van der Waals surface area contributed by atoms with Crippen molar-refractivity contribution in [3.05, 3.63) is 83.0 Å². The molecule has 13 heteroatoms. The van der Waals surface area contributed by atoms with Crippen molar-refractivity contribution in [3.8, 4) is 45.5 Å². The van der Waals surface area contributed by atoms with Crippen LogP contribution in [0.15, 0.2) is 66.9 Å². The number of hydrogen-bond donors (Lipinski definition) is 2. The molecule has 1 aliphatic carbocycles. The third-order valence-corrected chi connectivity index (χ3v) is 12.2. The maximum Gasteiger partial charge on any atom is 0.228 e. The summed E-state index contributed by atoms with van der Waals surface area (Å²) in [7, 11) is 4.96. The predicted octanol–water partition coefficient (Wildman–Crippen LogP) is 6.00. The van der Waals surface area contributed by atoms with Gasteiger partial charge in [-0.15, -0.1) is 0 Å². The molecular formula is C43H46ClN7O5. The second-order valence-corrected chi connectivity index (χ2v) is 16.5. The number of aromatic nitrogens is 3. The highest BCUT2D eigenvalue weighted by Crippen LogP contribution is 2.42. The Morgan fingerprint density at radius 2 is 1.61 bits per heavy atom. The fourth-order valence-corrected chi connectivity index (χ4v) is 9.10. The number of carbonyl (C=O) groups excluding carboxylic acids is 2. The Labute approximate surface area is 331 Å². The van der Waals surface area contributed by atoms with Gasteiger partial charge in [0.2, 0.25) is 17.7 Å². The molecule has 0 unspecified atom stereocenters. The molecule has 3 aliphatic heterocycles. The van der Waals surface area contributed by atoms with E-state index in [9.17, 15) is 9.59 Å². The normalized spacial score (nSPS) is 18.7. The number of benzene rings is 3. The minimum absolute atomic E-state index is 0.0801. The Bertz CT molecular complexity index is 2340. The first-order chi connectivity index (χ1) is 27.1. The Kier molecular flexibility index (Phi) is 9.18. The lowest BCUT2D eigenvalue weighted by molar-refractivity contribution is -0.140. The number of nitrogens with zero attached hydrogens (tertiary/aromatic N) is 5. The Balaban J connectivity index is 0.965. The van der Waals surface area contributed by atoms with Gasteiger partial charge in [0.25, 0.3) is 0 Å². The molecule has 3 aromatic carbocycles. The van der Waals surface area contributed by atoms with Crippen molar-refractivity contribution >= 4 is 34.3 Å². The molecule has 2 aromatic heterocycles. The number of ether oxygens (including phenoxy) is 3. The first-order valence-corrected chi connectivity index (χ1v) is 19.6. The van der Waals surface area contributed by atoms with Crippen molar-refractivity contribution in [3.63, 3.8) is 0 Å². The van der Waals surface area contributed by atoms with E-state index in [0.717, 1.165) is 76.8 Å². The van der Waals surface area contributed by atoms with Crippen LogP contribution in [0, 0.1) is 5.41 Å². The lowest BCUT2D eigenvalue weighted by atomic mass is 9.80. The molecule has 4 fully saturated rings. The zero-order valence-corrected chi connectivity index (χ0v) is 32.9. The van der Waals surface area contributed by atoms with Crippen molar-refractivity contribution in [1.82, 2.24) is 35.2 Å². The van der Waals surface area contributed by atoms with Crippen LogP contribution in [0.3, 0.4) is 0 Å². The van der Waals surface area contributed by atoms with Gasteiger partial charge in [-0.3, -0.25) is 19.4 Å². The van der Waals surface area contributed by atoms with E-state index in [4.69, 9.17) is 35.9 Å². The fraction of sp³-hybridized carbons (Fsp3) is 0.395. The van der Waals surface area contributed by atoms with E-state index in [1.54, 1.807) is 21.3 Å². The molecule has 2 amide bonds. The summed E-state index contributed by atoms with van der Waals surface area (Å²) < 4.78 is 19.5. The lowest BCUT2D eigenvalue weighted by Crippen LogP contribution is -2.66. The highest BCUT2D eigenvalue weighted by atomic mass is 35.5.